The van der Waals surface area contributed by atoms with E-state index in [1.165, 1.54) is 48.8 Å². The van der Waals surface area contributed by atoms with E-state index in [1.807, 2.05) is 0 Å². The number of fused-ring (bicyclic) bond motifs is 3. The van der Waals surface area contributed by atoms with Crippen LogP contribution in [0.2, 0.25) is 0 Å². The second-order valence-corrected chi connectivity index (χ2v) is 7.68. The first-order chi connectivity index (χ1) is 11.9. The van der Waals surface area contributed by atoms with E-state index in [-0.39, 0.29) is 0 Å². The number of hydrogen-bond acceptors (Lipinski definition) is 0. The van der Waals surface area contributed by atoms with Crippen molar-refractivity contribution in [2.75, 3.05) is 0 Å². The highest BCUT2D eigenvalue weighted by atomic mass is 14.5. The number of rotatable bonds is 2. The van der Waals surface area contributed by atoms with Crippen molar-refractivity contribution in [1.82, 2.24) is 0 Å². The summed E-state index contributed by atoms with van der Waals surface area (Å²) < 4.78 is 0. The van der Waals surface area contributed by atoms with Crippen LogP contribution in [-0.2, 0) is 11.8 Å². The Morgan fingerprint density at radius 2 is 1.50 bits per heavy atom. The van der Waals surface area contributed by atoms with E-state index >= 15 is 0 Å². The lowest BCUT2D eigenvalue weighted by Gasteiger charge is -2.43. The van der Waals surface area contributed by atoms with Gasteiger partial charge in [0.2, 0.25) is 0 Å². The molecule has 0 unspecified atom stereocenters. The highest BCUT2D eigenvalue weighted by Gasteiger charge is 2.42. The van der Waals surface area contributed by atoms with Gasteiger partial charge in [-0.1, -0.05) is 86.0 Å². The van der Waals surface area contributed by atoms with Gasteiger partial charge in [0.1, 0.15) is 0 Å². The predicted octanol–water partition coefficient (Wildman–Crippen LogP) is 6.20. The smallest absolute Gasteiger partial charge is 0.00536 e. The molecule has 0 radical (unpaired) electrons. The standard InChI is InChI=1S/C24H24/c1-6-15-24(16-7-1,19-10-3-4-11-19)23-14-8-13-21-20-12-5-2-9-18(20)17-22(21)23/h2-5,8-14,19H,1,6-7,15-17H2. The third kappa shape index (κ3) is 1.99. The summed E-state index contributed by atoms with van der Waals surface area (Å²) in [6.45, 7) is 0. The van der Waals surface area contributed by atoms with Crippen molar-refractivity contribution in [3.63, 3.8) is 0 Å². The first-order valence-corrected chi connectivity index (χ1v) is 9.44. The second kappa shape index (κ2) is 5.48. The fourth-order valence-corrected chi connectivity index (χ4v) is 5.39. The zero-order valence-corrected chi connectivity index (χ0v) is 14.2. The number of benzene rings is 2. The minimum Gasteiger partial charge on any atom is -0.0767 e. The molecule has 0 heteroatoms. The number of hydrogen-bond donors (Lipinski definition) is 0. The Kier molecular flexibility index (Phi) is 3.26. The Bertz CT molecular complexity index is 819. The molecular weight excluding hydrogens is 288 g/mol. The Hall–Kier alpha value is -2.08. The van der Waals surface area contributed by atoms with Crippen LogP contribution in [0.25, 0.3) is 11.1 Å². The van der Waals surface area contributed by atoms with Gasteiger partial charge < -0.3 is 0 Å². The highest BCUT2D eigenvalue weighted by Crippen LogP contribution is 2.51. The summed E-state index contributed by atoms with van der Waals surface area (Å²) in [4.78, 5) is 0. The lowest BCUT2D eigenvalue weighted by molar-refractivity contribution is 0.252. The van der Waals surface area contributed by atoms with E-state index in [4.69, 9.17) is 0 Å². The van der Waals surface area contributed by atoms with Gasteiger partial charge >= 0.3 is 0 Å². The summed E-state index contributed by atoms with van der Waals surface area (Å²) in [5, 5.41) is 0. The van der Waals surface area contributed by atoms with Crippen molar-refractivity contribution < 1.29 is 0 Å². The van der Waals surface area contributed by atoms with Crippen molar-refractivity contribution in [3.05, 3.63) is 83.5 Å². The molecule has 2 aromatic rings. The molecule has 5 rings (SSSR count). The molecule has 0 aliphatic heterocycles. The van der Waals surface area contributed by atoms with Crippen LogP contribution in [0.4, 0.5) is 0 Å². The first-order valence-electron chi connectivity index (χ1n) is 9.44. The van der Waals surface area contributed by atoms with Crippen LogP contribution >= 0.6 is 0 Å². The average Bonchev–Trinajstić information content (AvgIpc) is 3.30. The molecule has 0 bridgehead atoms. The highest BCUT2D eigenvalue weighted by molar-refractivity contribution is 5.78. The largest absolute Gasteiger partial charge is 0.0767 e. The summed E-state index contributed by atoms with van der Waals surface area (Å²) in [5.74, 6) is 0.577. The van der Waals surface area contributed by atoms with Crippen molar-refractivity contribution >= 4 is 0 Å². The first kappa shape index (κ1) is 14.3. The predicted molar refractivity (Wildman–Crippen MR) is 101 cm³/mol. The van der Waals surface area contributed by atoms with Gasteiger partial charge in [0.05, 0.1) is 0 Å². The van der Waals surface area contributed by atoms with Crippen molar-refractivity contribution in [1.29, 1.82) is 0 Å². The zero-order valence-electron chi connectivity index (χ0n) is 14.2. The van der Waals surface area contributed by atoms with Crippen LogP contribution in [-0.4, -0.2) is 0 Å². The summed E-state index contributed by atoms with van der Waals surface area (Å²) in [6, 6.07) is 16.0. The molecule has 120 valence electrons. The molecular formula is C24H24. The van der Waals surface area contributed by atoms with E-state index in [0.717, 1.165) is 6.42 Å². The lowest BCUT2D eigenvalue weighted by atomic mass is 9.61. The van der Waals surface area contributed by atoms with Gasteiger partial charge in [-0.3, -0.25) is 0 Å². The van der Waals surface area contributed by atoms with Crippen LogP contribution in [0.3, 0.4) is 0 Å². The van der Waals surface area contributed by atoms with Gasteiger partial charge in [0, 0.05) is 11.3 Å². The summed E-state index contributed by atoms with van der Waals surface area (Å²) in [7, 11) is 0. The Balaban J connectivity index is 1.69. The molecule has 0 saturated heterocycles. The topological polar surface area (TPSA) is 0 Å². The Labute approximate surface area is 144 Å². The molecule has 2 aromatic carbocycles. The maximum atomic E-state index is 2.44. The minimum absolute atomic E-state index is 0.315. The molecule has 3 aliphatic carbocycles. The van der Waals surface area contributed by atoms with E-state index in [2.05, 4.69) is 66.8 Å². The maximum Gasteiger partial charge on any atom is 0.00536 e. The van der Waals surface area contributed by atoms with Crippen molar-refractivity contribution in [3.8, 4) is 11.1 Å². The van der Waals surface area contributed by atoms with Crippen LogP contribution in [0.15, 0.2) is 66.8 Å². The Morgan fingerprint density at radius 1 is 0.750 bits per heavy atom. The van der Waals surface area contributed by atoms with Crippen LogP contribution < -0.4 is 0 Å². The molecule has 0 spiro atoms. The third-order valence-electron chi connectivity index (χ3n) is 6.52. The van der Waals surface area contributed by atoms with Crippen LogP contribution in [0.1, 0.15) is 48.8 Å². The molecule has 0 nitrogen and oxygen atoms in total. The van der Waals surface area contributed by atoms with Crippen LogP contribution in [0.5, 0.6) is 0 Å². The Morgan fingerprint density at radius 3 is 2.33 bits per heavy atom. The van der Waals surface area contributed by atoms with E-state index in [1.54, 1.807) is 11.1 Å². The van der Waals surface area contributed by atoms with Gasteiger partial charge in [-0.25, -0.2) is 0 Å². The van der Waals surface area contributed by atoms with Gasteiger partial charge in [-0.2, -0.15) is 0 Å². The normalized spacial score (nSPS) is 21.0. The molecule has 3 aliphatic rings. The van der Waals surface area contributed by atoms with Gasteiger partial charge in [0.25, 0.3) is 0 Å². The van der Waals surface area contributed by atoms with E-state index < -0.39 is 0 Å². The lowest BCUT2D eigenvalue weighted by Crippen LogP contribution is -2.36. The molecule has 24 heavy (non-hydrogen) atoms. The minimum atomic E-state index is 0.315. The van der Waals surface area contributed by atoms with E-state index in [0.29, 0.717) is 11.3 Å². The second-order valence-electron chi connectivity index (χ2n) is 7.68. The fraction of sp³-hybridized carbons (Fsp3) is 0.333. The summed E-state index contributed by atoms with van der Waals surface area (Å²) in [5.41, 5.74) is 8.00. The van der Waals surface area contributed by atoms with Crippen molar-refractivity contribution in [2.24, 2.45) is 5.92 Å². The van der Waals surface area contributed by atoms with Crippen LogP contribution in [0, 0.1) is 5.92 Å². The number of allylic oxidation sites excluding steroid dienone is 4. The third-order valence-corrected chi connectivity index (χ3v) is 6.52. The summed E-state index contributed by atoms with van der Waals surface area (Å²) in [6.07, 6.45) is 17.3. The fourth-order valence-electron chi connectivity index (χ4n) is 5.39. The molecule has 0 amide bonds. The van der Waals surface area contributed by atoms with Gasteiger partial charge in [-0.05, 0) is 47.1 Å². The molecule has 1 fully saturated rings. The van der Waals surface area contributed by atoms with Crippen molar-refractivity contribution in [2.45, 2.75) is 43.9 Å². The van der Waals surface area contributed by atoms with Gasteiger partial charge in [-0.15, -0.1) is 0 Å². The molecule has 0 heterocycles. The van der Waals surface area contributed by atoms with E-state index in [9.17, 15) is 0 Å². The van der Waals surface area contributed by atoms with Gasteiger partial charge in [0.15, 0.2) is 0 Å². The monoisotopic (exact) mass is 312 g/mol. The maximum absolute atomic E-state index is 2.44. The summed E-state index contributed by atoms with van der Waals surface area (Å²) >= 11 is 0. The average molecular weight is 312 g/mol. The SMILES string of the molecule is C1=CC(C2(c3cccc4c3Cc3ccccc3-4)CCCCC2)C=C1. The molecule has 0 N–H and O–H groups in total. The quantitative estimate of drug-likeness (QED) is 0.528. The molecule has 0 atom stereocenters. The zero-order chi connectivity index (χ0) is 16.0. The molecule has 1 saturated carbocycles. The molecule has 0 aromatic heterocycles.